The van der Waals surface area contributed by atoms with Gasteiger partial charge >= 0.3 is 0 Å². The Bertz CT molecular complexity index is 603. The summed E-state index contributed by atoms with van der Waals surface area (Å²) in [6.45, 7) is 3.77. The molecule has 0 fully saturated rings. The van der Waals surface area contributed by atoms with E-state index in [9.17, 15) is 9.90 Å². The van der Waals surface area contributed by atoms with E-state index in [0.29, 0.717) is 11.1 Å². The molecular formula is C16H17NO2. The van der Waals surface area contributed by atoms with Crippen molar-refractivity contribution in [2.45, 2.75) is 13.8 Å². The average molecular weight is 255 g/mol. The van der Waals surface area contributed by atoms with Crippen molar-refractivity contribution in [3.05, 3.63) is 59.2 Å². The van der Waals surface area contributed by atoms with Crippen LogP contribution in [0.2, 0.25) is 0 Å². The number of hydrogen-bond donors (Lipinski definition) is 1. The van der Waals surface area contributed by atoms with Crippen molar-refractivity contribution < 1.29 is 9.90 Å². The minimum atomic E-state index is -0.218. The molecule has 1 amide bonds. The van der Waals surface area contributed by atoms with Gasteiger partial charge in [0.05, 0.1) is 5.56 Å². The molecule has 0 spiro atoms. The van der Waals surface area contributed by atoms with Crippen LogP contribution in [0.25, 0.3) is 0 Å². The largest absolute Gasteiger partial charge is 0.507 e. The fraction of sp³-hybridized carbons (Fsp3) is 0.188. The van der Waals surface area contributed by atoms with Gasteiger partial charge in [-0.2, -0.15) is 0 Å². The number of anilines is 1. The molecule has 3 nitrogen and oxygen atoms in total. The summed E-state index contributed by atoms with van der Waals surface area (Å²) in [5.41, 5.74) is 2.96. The molecule has 1 N–H and O–H groups in total. The summed E-state index contributed by atoms with van der Waals surface area (Å²) in [6, 6.07) is 12.9. The molecule has 0 aliphatic carbocycles. The van der Waals surface area contributed by atoms with E-state index < -0.39 is 0 Å². The number of carbonyl (C=O) groups excluding carboxylic acids is 1. The number of nitrogens with zero attached hydrogens (tertiary/aromatic N) is 1. The van der Waals surface area contributed by atoms with Gasteiger partial charge in [-0.1, -0.05) is 29.8 Å². The summed E-state index contributed by atoms with van der Waals surface area (Å²) >= 11 is 0. The van der Waals surface area contributed by atoms with E-state index in [0.717, 1.165) is 11.3 Å². The lowest BCUT2D eigenvalue weighted by molar-refractivity contribution is 0.0990. The highest BCUT2D eigenvalue weighted by Gasteiger charge is 2.17. The Labute approximate surface area is 113 Å². The summed E-state index contributed by atoms with van der Waals surface area (Å²) in [7, 11) is 1.70. The zero-order valence-corrected chi connectivity index (χ0v) is 11.3. The zero-order chi connectivity index (χ0) is 14.0. The quantitative estimate of drug-likeness (QED) is 0.894. The second kappa shape index (κ2) is 5.14. The molecule has 0 radical (unpaired) electrons. The molecule has 0 aliphatic rings. The summed E-state index contributed by atoms with van der Waals surface area (Å²) in [4.78, 5) is 13.9. The van der Waals surface area contributed by atoms with Crippen molar-refractivity contribution in [1.82, 2.24) is 0 Å². The van der Waals surface area contributed by atoms with Crippen LogP contribution < -0.4 is 4.90 Å². The maximum atomic E-state index is 12.4. The molecule has 98 valence electrons. The van der Waals surface area contributed by atoms with Crippen LogP contribution in [0.4, 0.5) is 5.69 Å². The van der Waals surface area contributed by atoms with Gasteiger partial charge < -0.3 is 10.0 Å². The Morgan fingerprint density at radius 3 is 2.32 bits per heavy atom. The summed E-state index contributed by atoms with van der Waals surface area (Å²) in [6.07, 6.45) is 0. The van der Waals surface area contributed by atoms with Gasteiger partial charge in [0.2, 0.25) is 0 Å². The van der Waals surface area contributed by atoms with Gasteiger partial charge in [-0.05, 0) is 37.6 Å². The number of hydrogen-bond acceptors (Lipinski definition) is 2. The van der Waals surface area contributed by atoms with Crippen LogP contribution in [0, 0.1) is 13.8 Å². The molecule has 2 aromatic carbocycles. The molecule has 0 heterocycles. The van der Waals surface area contributed by atoms with Gasteiger partial charge in [0.25, 0.3) is 5.91 Å². The molecule has 0 bridgehead atoms. The molecule has 0 saturated carbocycles. The Balaban J connectivity index is 2.33. The third-order valence-corrected chi connectivity index (χ3v) is 3.19. The van der Waals surface area contributed by atoms with E-state index in [4.69, 9.17) is 0 Å². The summed E-state index contributed by atoms with van der Waals surface area (Å²) < 4.78 is 0. The van der Waals surface area contributed by atoms with Crippen molar-refractivity contribution in [2.24, 2.45) is 0 Å². The van der Waals surface area contributed by atoms with Crippen LogP contribution in [-0.2, 0) is 0 Å². The van der Waals surface area contributed by atoms with Crippen LogP contribution in [-0.4, -0.2) is 18.1 Å². The summed E-state index contributed by atoms with van der Waals surface area (Å²) in [5.74, 6) is -0.170. The first-order valence-electron chi connectivity index (χ1n) is 6.14. The predicted molar refractivity (Wildman–Crippen MR) is 76.8 cm³/mol. The average Bonchev–Trinajstić information content (AvgIpc) is 2.41. The van der Waals surface area contributed by atoms with Gasteiger partial charge in [-0.3, -0.25) is 4.79 Å². The lowest BCUT2D eigenvalue weighted by Crippen LogP contribution is -2.26. The molecule has 0 aromatic heterocycles. The van der Waals surface area contributed by atoms with Crippen LogP contribution in [0.1, 0.15) is 21.5 Å². The maximum absolute atomic E-state index is 12.4. The Morgan fingerprint density at radius 2 is 1.68 bits per heavy atom. The highest BCUT2D eigenvalue weighted by atomic mass is 16.3. The molecule has 0 aliphatic heterocycles. The number of phenolic OH excluding ortho intramolecular Hbond substituents is 1. The smallest absolute Gasteiger partial charge is 0.261 e. The van der Waals surface area contributed by atoms with Crippen LogP contribution in [0.15, 0.2) is 42.5 Å². The van der Waals surface area contributed by atoms with Crippen molar-refractivity contribution >= 4 is 11.6 Å². The Hall–Kier alpha value is -2.29. The van der Waals surface area contributed by atoms with Crippen molar-refractivity contribution in [3.63, 3.8) is 0 Å². The molecule has 2 rings (SSSR count). The first-order chi connectivity index (χ1) is 9.00. The molecule has 0 unspecified atom stereocenters. The second-order valence-corrected chi connectivity index (χ2v) is 4.67. The number of aromatic hydroxyl groups is 1. The highest BCUT2D eigenvalue weighted by molar-refractivity contribution is 6.07. The van der Waals surface area contributed by atoms with E-state index in [1.807, 2.05) is 31.2 Å². The number of phenols is 1. The molecular weight excluding hydrogens is 238 g/mol. The standard InChI is InChI=1S/C16H17NO2/c1-11-7-9-13(10-8-11)17(3)16(19)14-6-4-5-12(2)15(14)18/h4-10,18H,1-3H3. The van der Waals surface area contributed by atoms with Crippen molar-refractivity contribution in [1.29, 1.82) is 0 Å². The van der Waals surface area contributed by atoms with Gasteiger partial charge in [-0.25, -0.2) is 0 Å². The number of carbonyl (C=O) groups is 1. The third-order valence-electron chi connectivity index (χ3n) is 3.19. The van der Waals surface area contributed by atoms with E-state index in [1.165, 1.54) is 4.90 Å². The van der Waals surface area contributed by atoms with Crippen LogP contribution in [0.3, 0.4) is 0 Å². The topological polar surface area (TPSA) is 40.5 Å². The number of rotatable bonds is 2. The fourth-order valence-corrected chi connectivity index (χ4v) is 1.90. The van der Waals surface area contributed by atoms with Crippen LogP contribution in [0.5, 0.6) is 5.75 Å². The molecule has 19 heavy (non-hydrogen) atoms. The van der Waals surface area contributed by atoms with E-state index in [-0.39, 0.29) is 11.7 Å². The lowest BCUT2D eigenvalue weighted by Gasteiger charge is -2.18. The van der Waals surface area contributed by atoms with Gasteiger partial charge in [0, 0.05) is 12.7 Å². The second-order valence-electron chi connectivity index (χ2n) is 4.67. The first kappa shape index (κ1) is 13.1. The Kier molecular flexibility index (Phi) is 3.56. The molecule has 2 aromatic rings. The van der Waals surface area contributed by atoms with Gasteiger partial charge in [0.15, 0.2) is 0 Å². The first-order valence-corrected chi connectivity index (χ1v) is 6.14. The number of para-hydroxylation sites is 1. The minimum absolute atomic E-state index is 0.0476. The normalized spacial score (nSPS) is 10.3. The number of amides is 1. The fourth-order valence-electron chi connectivity index (χ4n) is 1.90. The van der Waals surface area contributed by atoms with Crippen LogP contribution >= 0.6 is 0 Å². The van der Waals surface area contributed by atoms with Crippen molar-refractivity contribution in [2.75, 3.05) is 11.9 Å². The van der Waals surface area contributed by atoms with Gasteiger partial charge in [-0.15, -0.1) is 0 Å². The van der Waals surface area contributed by atoms with Gasteiger partial charge in [0.1, 0.15) is 5.75 Å². The monoisotopic (exact) mass is 255 g/mol. The summed E-state index contributed by atoms with van der Waals surface area (Å²) in [5, 5.41) is 9.96. The SMILES string of the molecule is Cc1ccc(N(C)C(=O)c2cccc(C)c2O)cc1. The zero-order valence-electron chi connectivity index (χ0n) is 11.3. The molecule has 3 heteroatoms. The van der Waals surface area contributed by atoms with E-state index in [1.54, 1.807) is 32.2 Å². The predicted octanol–water partition coefficient (Wildman–Crippen LogP) is 3.29. The third kappa shape index (κ3) is 2.60. The minimum Gasteiger partial charge on any atom is -0.507 e. The molecule has 0 atom stereocenters. The molecule has 0 saturated heterocycles. The van der Waals surface area contributed by atoms with Crippen molar-refractivity contribution in [3.8, 4) is 5.75 Å². The lowest BCUT2D eigenvalue weighted by atomic mass is 10.1. The van der Waals surface area contributed by atoms with E-state index in [2.05, 4.69) is 0 Å². The number of aryl methyl sites for hydroxylation is 2. The number of benzene rings is 2. The maximum Gasteiger partial charge on any atom is 0.261 e. The Morgan fingerprint density at radius 1 is 1.05 bits per heavy atom. The van der Waals surface area contributed by atoms with E-state index >= 15 is 0 Å². The highest BCUT2D eigenvalue weighted by Crippen LogP contribution is 2.24.